The Bertz CT molecular complexity index is 1310. The van der Waals surface area contributed by atoms with E-state index in [2.05, 4.69) is 26.3 Å². The summed E-state index contributed by atoms with van der Waals surface area (Å²) in [5.41, 5.74) is 2.83. The maximum absolute atomic E-state index is 13.9. The second-order valence-electron chi connectivity index (χ2n) is 7.49. The fraction of sp³-hybridized carbons (Fsp3) is 0.120. The zero-order valence-electron chi connectivity index (χ0n) is 17.7. The molecule has 0 fully saturated rings. The van der Waals surface area contributed by atoms with Crippen molar-refractivity contribution in [2.24, 2.45) is 0 Å². The van der Waals surface area contributed by atoms with Gasteiger partial charge in [-0.25, -0.2) is 4.39 Å². The van der Waals surface area contributed by atoms with Gasteiger partial charge in [-0.05, 0) is 64.3 Å². The van der Waals surface area contributed by atoms with Gasteiger partial charge in [0.2, 0.25) is 0 Å². The van der Waals surface area contributed by atoms with Crippen molar-refractivity contribution < 1.29 is 13.9 Å². The molecule has 5 nitrogen and oxygen atoms in total. The predicted octanol–water partition coefficient (Wildman–Crippen LogP) is 6.63. The van der Waals surface area contributed by atoms with Crippen LogP contribution in [0.15, 0.2) is 77.4 Å². The summed E-state index contributed by atoms with van der Waals surface area (Å²) in [7, 11) is 0. The highest BCUT2D eigenvalue weighted by molar-refractivity contribution is 9.10. The summed E-state index contributed by atoms with van der Waals surface area (Å²) >= 11 is 9.59. The van der Waals surface area contributed by atoms with E-state index in [1.807, 2.05) is 25.1 Å². The van der Waals surface area contributed by atoms with Crippen LogP contribution >= 0.6 is 27.5 Å². The summed E-state index contributed by atoms with van der Waals surface area (Å²) in [6, 6.07) is 19.2. The number of anilines is 1. The number of carbonyl (C=O) groups excluding carboxylic acids is 1. The molecule has 0 aliphatic carbocycles. The average molecular weight is 529 g/mol. The van der Waals surface area contributed by atoms with Gasteiger partial charge in [0.1, 0.15) is 18.2 Å². The van der Waals surface area contributed by atoms with E-state index < -0.39 is 0 Å². The van der Waals surface area contributed by atoms with Crippen LogP contribution < -0.4 is 10.1 Å². The molecule has 1 aromatic heterocycles. The van der Waals surface area contributed by atoms with Crippen molar-refractivity contribution in [1.82, 2.24) is 9.78 Å². The highest BCUT2D eigenvalue weighted by Gasteiger charge is 2.14. The average Bonchev–Trinajstić information content (AvgIpc) is 3.14. The Morgan fingerprint density at radius 2 is 1.97 bits per heavy atom. The molecule has 0 saturated heterocycles. The number of ether oxygens (including phenoxy) is 1. The molecule has 3 aromatic carbocycles. The standard InChI is InChI=1S/C25H20BrClFN3O2/c1-16-9-10-21(27)23(11-16)33-15-17-5-4-7-18(12-17)25(32)29-24-20(26)14-31(30-24)13-19-6-2-3-8-22(19)28/h2-12,14H,13,15H2,1H3,(H,29,30,32). The third-order valence-electron chi connectivity index (χ3n) is 4.91. The first kappa shape index (κ1) is 23.0. The van der Waals surface area contributed by atoms with Crippen molar-refractivity contribution in [1.29, 1.82) is 0 Å². The second kappa shape index (κ2) is 10.2. The molecule has 1 N–H and O–H groups in total. The van der Waals surface area contributed by atoms with Crippen LogP contribution in [0.25, 0.3) is 0 Å². The molecule has 0 bridgehead atoms. The lowest BCUT2D eigenvalue weighted by molar-refractivity contribution is 0.102. The molecule has 0 unspecified atom stereocenters. The minimum absolute atomic E-state index is 0.246. The Kier molecular flexibility index (Phi) is 7.11. The number of carbonyl (C=O) groups is 1. The number of nitrogens with one attached hydrogen (secondary N) is 1. The highest BCUT2D eigenvalue weighted by Crippen LogP contribution is 2.26. The lowest BCUT2D eigenvalue weighted by Crippen LogP contribution is -2.14. The van der Waals surface area contributed by atoms with E-state index in [1.54, 1.807) is 53.3 Å². The quantitative estimate of drug-likeness (QED) is 0.293. The Hall–Kier alpha value is -3.16. The largest absolute Gasteiger partial charge is 0.487 e. The van der Waals surface area contributed by atoms with Crippen LogP contribution in [0.4, 0.5) is 10.2 Å². The fourth-order valence-corrected chi connectivity index (χ4v) is 3.82. The third-order valence-corrected chi connectivity index (χ3v) is 5.80. The van der Waals surface area contributed by atoms with E-state index in [4.69, 9.17) is 16.3 Å². The van der Waals surface area contributed by atoms with Gasteiger partial charge >= 0.3 is 0 Å². The van der Waals surface area contributed by atoms with Crippen LogP contribution in [0.3, 0.4) is 0 Å². The van der Waals surface area contributed by atoms with Crippen molar-refractivity contribution in [3.8, 4) is 5.75 Å². The van der Waals surface area contributed by atoms with Crippen molar-refractivity contribution in [2.75, 3.05) is 5.32 Å². The monoisotopic (exact) mass is 527 g/mol. The minimum atomic E-state index is -0.317. The van der Waals surface area contributed by atoms with Crippen molar-refractivity contribution >= 4 is 39.3 Å². The molecule has 0 atom stereocenters. The van der Waals surface area contributed by atoms with Crippen LogP contribution in [0.2, 0.25) is 5.02 Å². The van der Waals surface area contributed by atoms with Crippen LogP contribution in [0.5, 0.6) is 5.75 Å². The molecule has 0 aliphatic heterocycles. The Balaban J connectivity index is 1.43. The number of rotatable bonds is 7. The summed E-state index contributed by atoms with van der Waals surface area (Å²) in [6.45, 7) is 2.48. The first-order valence-corrected chi connectivity index (χ1v) is 11.3. The van der Waals surface area contributed by atoms with Gasteiger partial charge in [-0.2, -0.15) is 5.10 Å². The number of aryl methyl sites for hydroxylation is 1. The Morgan fingerprint density at radius 3 is 2.79 bits per heavy atom. The Morgan fingerprint density at radius 1 is 1.15 bits per heavy atom. The van der Waals surface area contributed by atoms with E-state index in [9.17, 15) is 9.18 Å². The van der Waals surface area contributed by atoms with Crippen molar-refractivity contribution in [2.45, 2.75) is 20.1 Å². The first-order chi connectivity index (χ1) is 15.9. The van der Waals surface area contributed by atoms with Gasteiger partial charge in [-0.3, -0.25) is 9.48 Å². The number of hydrogen-bond donors (Lipinski definition) is 1. The van der Waals surface area contributed by atoms with Gasteiger partial charge in [0.15, 0.2) is 5.82 Å². The van der Waals surface area contributed by atoms with Gasteiger partial charge < -0.3 is 10.1 Å². The molecule has 4 rings (SSSR count). The van der Waals surface area contributed by atoms with Gasteiger partial charge in [-0.1, -0.05) is 48.0 Å². The molecule has 0 aliphatic rings. The molecule has 168 valence electrons. The molecule has 4 aromatic rings. The lowest BCUT2D eigenvalue weighted by atomic mass is 10.1. The first-order valence-electron chi connectivity index (χ1n) is 10.1. The summed E-state index contributed by atoms with van der Waals surface area (Å²) in [5, 5.41) is 7.68. The second-order valence-corrected chi connectivity index (χ2v) is 8.75. The van der Waals surface area contributed by atoms with Gasteiger partial charge in [0.05, 0.1) is 16.0 Å². The number of halogens is 3. The Labute approximate surface area is 204 Å². The van der Waals surface area contributed by atoms with Crippen LogP contribution in [0, 0.1) is 12.7 Å². The SMILES string of the molecule is Cc1ccc(Cl)c(OCc2cccc(C(=O)Nc3nn(Cc4ccccc4F)cc3Br)c2)c1. The number of amides is 1. The fourth-order valence-electron chi connectivity index (χ4n) is 3.23. The van der Waals surface area contributed by atoms with Crippen LogP contribution in [-0.4, -0.2) is 15.7 Å². The predicted molar refractivity (Wildman–Crippen MR) is 130 cm³/mol. The molecule has 33 heavy (non-hydrogen) atoms. The molecular formula is C25H20BrClFN3O2. The molecule has 8 heteroatoms. The van der Waals surface area contributed by atoms with Gasteiger partial charge in [0.25, 0.3) is 5.91 Å². The number of benzene rings is 3. The zero-order valence-corrected chi connectivity index (χ0v) is 20.0. The van der Waals surface area contributed by atoms with Crippen molar-refractivity contribution in [3.63, 3.8) is 0 Å². The smallest absolute Gasteiger partial charge is 0.256 e. The van der Waals surface area contributed by atoms with E-state index >= 15 is 0 Å². The summed E-state index contributed by atoms with van der Waals surface area (Å²) < 4.78 is 21.9. The molecule has 1 amide bonds. The number of nitrogens with zero attached hydrogens (tertiary/aromatic N) is 2. The summed E-state index contributed by atoms with van der Waals surface area (Å²) in [6.07, 6.45) is 1.69. The highest BCUT2D eigenvalue weighted by atomic mass is 79.9. The summed E-state index contributed by atoms with van der Waals surface area (Å²) in [4.78, 5) is 12.8. The zero-order chi connectivity index (χ0) is 23.4. The number of aromatic nitrogens is 2. The molecule has 0 spiro atoms. The maximum Gasteiger partial charge on any atom is 0.256 e. The number of hydrogen-bond acceptors (Lipinski definition) is 3. The molecule has 1 heterocycles. The lowest BCUT2D eigenvalue weighted by Gasteiger charge is -2.10. The normalized spacial score (nSPS) is 10.8. The summed E-state index contributed by atoms with van der Waals surface area (Å²) in [5.74, 6) is 0.323. The van der Waals surface area contributed by atoms with Gasteiger partial charge in [-0.15, -0.1) is 0 Å². The van der Waals surface area contributed by atoms with Crippen LogP contribution in [0.1, 0.15) is 27.0 Å². The van der Waals surface area contributed by atoms with Crippen molar-refractivity contribution in [3.05, 3.63) is 110 Å². The van der Waals surface area contributed by atoms with E-state index in [0.717, 1.165) is 11.1 Å². The molecular weight excluding hydrogens is 509 g/mol. The van der Waals surface area contributed by atoms with E-state index in [0.29, 0.717) is 32.2 Å². The third kappa shape index (κ3) is 5.80. The van der Waals surface area contributed by atoms with Gasteiger partial charge in [0, 0.05) is 17.3 Å². The van der Waals surface area contributed by atoms with Crippen LogP contribution in [-0.2, 0) is 13.2 Å². The maximum atomic E-state index is 13.9. The molecule has 0 radical (unpaired) electrons. The van der Waals surface area contributed by atoms with E-state index in [-0.39, 0.29) is 24.9 Å². The minimum Gasteiger partial charge on any atom is -0.487 e. The molecule has 0 saturated carbocycles. The topological polar surface area (TPSA) is 56.1 Å². The van der Waals surface area contributed by atoms with E-state index in [1.165, 1.54) is 6.07 Å².